The number of nitrogens with one attached hydrogen (secondary N) is 1. The second kappa shape index (κ2) is 5.83. The number of benzene rings is 1. The van der Waals surface area contributed by atoms with E-state index in [2.05, 4.69) is 5.32 Å². The Bertz CT molecular complexity index is 404. The first-order chi connectivity index (χ1) is 7.99. The molecule has 5 nitrogen and oxygen atoms in total. The fourth-order valence-electron chi connectivity index (χ4n) is 1.13. The number of halogens is 1. The Balaban J connectivity index is 2.54. The van der Waals surface area contributed by atoms with Gasteiger partial charge >= 0.3 is 5.97 Å². The monoisotopic (exact) mass is 241 g/mol. The number of rotatable bonds is 5. The molecular weight excluding hydrogens is 229 g/mol. The van der Waals surface area contributed by atoms with Gasteiger partial charge in [-0.1, -0.05) is 0 Å². The molecule has 6 heteroatoms. The van der Waals surface area contributed by atoms with Gasteiger partial charge in [-0.05, 0) is 24.3 Å². The number of amides is 1. The molecule has 0 aliphatic rings. The summed E-state index contributed by atoms with van der Waals surface area (Å²) in [5, 5.41) is 11.0. The molecule has 0 saturated heterocycles. The summed E-state index contributed by atoms with van der Waals surface area (Å²) in [5.41, 5.74) is 0. The van der Waals surface area contributed by atoms with Crippen molar-refractivity contribution in [2.45, 2.75) is 13.0 Å². The highest BCUT2D eigenvalue weighted by atomic mass is 19.1. The van der Waals surface area contributed by atoms with Gasteiger partial charge in [0.1, 0.15) is 18.2 Å². The fourth-order valence-corrected chi connectivity index (χ4v) is 1.13. The minimum absolute atomic E-state index is 0.222. The number of carboxylic acids is 1. The molecule has 1 aromatic rings. The molecule has 17 heavy (non-hydrogen) atoms. The van der Waals surface area contributed by atoms with E-state index in [1.165, 1.54) is 31.2 Å². The number of hydrogen-bond donors (Lipinski definition) is 2. The van der Waals surface area contributed by atoms with Crippen molar-refractivity contribution in [2.24, 2.45) is 0 Å². The van der Waals surface area contributed by atoms with Crippen LogP contribution < -0.4 is 10.1 Å². The lowest BCUT2D eigenvalue weighted by Crippen LogP contribution is -2.43. The molecule has 1 rings (SSSR count). The van der Waals surface area contributed by atoms with Gasteiger partial charge in [0.2, 0.25) is 5.91 Å². The molecule has 0 aliphatic carbocycles. The molecular formula is C11H12FNO4. The molecule has 1 amide bonds. The number of carboxylic acid groups (broad SMARTS) is 1. The van der Waals surface area contributed by atoms with Crippen LogP contribution in [0.25, 0.3) is 0 Å². The van der Waals surface area contributed by atoms with Crippen LogP contribution in [0, 0.1) is 5.82 Å². The minimum Gasteiger partial charge on any atom is -0.491 e. The predicted octanol–water partition coefficient (Wildman–Crippen LogP) is 0.794. The van der Waals surface area contributed by atoms with Gasteiger partial charge in [-0.3, -0.25) is 4.79 Å². The summed E-state index contributed by atoms with van der Waals surface area (Å²) < 4.78 is 17.7. The largest absolute Gasteiger partial charge is 0.491 e. The molecule has 0 aromatic heterocycles. The molecule has 1 unspecified atom stereocenters. The van der Waals surface area contributed by atoms with E-state index < -0.39 is 23.7 Å². The van der Waals surface area contributed by atoms with Crippen molar-refractivity contribution >= 4 is 11.9 Å². The number of carbonyl (C=O) groups excluding carboxylic acids is 1. The average molecular weight is 241 g/mol. The summed E-state index contributed by atoms with van der Waals surface area (Å²) in [6, 6.07) is 4.02. The van der Waals surface area contributed by atoms with E-state index in [1.807, 2.05) is 0 Å². The maximum absolute atomic E-state index is 12.6. The highest BCUT2D eigenvalue weighted by molar-refractivity contribution is 5.82. The predicted molar refractivity (Wildman–Crippen MR) is 57.1 cm³/mol. The molecule has 1 atom stereocenters. The van der Waals surface area contributed by atoms with Crippen molar-refractivity contribution in [1.29, 1.82) is 0 Å². The van der Waals surface area contributed by atoms with Crippen molar-refractivity contribution in [3.63, 3.8) is 0 Å². The maximum atomic E-state index is 12.6. The molecule has 92 valence electrons. The topological polar surface area (TPSA) is 75.6 Å². The summed E-state index contributed by atoms with van der Waals surface area (Å²) >= 11 is 0. The summed E-state index contributed by atoms with van der Waals surface area (Å²) in [7, 11) is 0. The van der Waals surface area contributed by atoms with E-state index in [0.717, 1.165) is 0 Å². The first-order valence-electron chi connectivity index (χ1n) is 4.87. The Morgan fingerprint density at radius 1 is 1.41 bits per heavy atom. The van der Waals surface area contributed by atoms with Crippen LogP contribution in [0.4, 0.5) is 4.39 Å². The van der Waals surface area contributed by atoms with Crippen LogP contribution in [-0.4, -0.2) is 29.6 Å². The van der Waals surface area contributed by atoms with Crippen LogP contribution in [0.3, 0.4) is 0 Å². The maximum Gasteiger partial charge on any atom is 0.329 e. The van der Waals surface area contributed by atoms with Crippen LogP contribution in [0.15, 0.2) is 24.3 Å². The zero-order chi connectivity index (χ0) is 12.8. The number of aliphatic carboxylic acids is 1. The highest BCUT2D eigenvalue weighted by Crippen LogP contribution is 2.11. The van der Waals surface area contributed by atoms with Gasteiger partial charge < -0.3 is 15.2 Å². The molecule has 0 bridgehead atoms. The summed E-state index contributed by atoms with van der Waals surface area (Å²) in [5.74, 6) is -1.72. The Morgan fingerprint density at radius 3 is 2.47 bits per heavy atom. The normalized spacial score (nSPS) is 11.6. The molecule has 1 aromatic carbocycles. The zero-order valence-electron chi connectivity index (χ0n) is 9.14. The third kappa shape index (κ3) is 4.50. The molecule has 0 fully saturated rings. The Hall–Kier alpha value is -2.11. The second-order valence-corrected chi connectivity index (χ2v) is 3.36. The van der Waals surface area contributed by atoms with E-state index >= 15 is 0 Å². The Kier molecular flexibility index (Phi) is 4.45. The van der Waals surface area contributed by atoms with Gasteiger partial charge in [0.05, 0.1) is 0 Å². The molecule has 0 radical (unpaired) electrons. The van der Waals surface area contributed by atoms with Crippen molar-refractivity contribution in [1.82, 2.24) is 5.32 Å². The lowest BCUT2D eigenvalue weighted by Gasteiger charge is -2.14. The summed E-state index contributed by atoms with van der Waals surface area (Å²) in [4.78, 5) is 21.5. The van der Waals surface area contributed by atoms with Gasteiger partial charge in [-0.2, -0.15) is 0 Å². The van der Waals surface area contributed by atoms with E-state index in [-0.39, 0.29) is 6.61 Å². The van der Waals surface area contributed by atoms with Crippen molar-refractivity contribution < 1.29 is 23.8 Å². The molecule has 0 aliphatic heterocycles. The standard InChI is InChI=1S/C11H12FNO4/c1-7(14)13-10(11(15)16)6-17-9-4-2-8(12)3-5-9/h2-5,10H,6H2,1H3,(H,13,14)(H,15,16). The van der Waals surface area contributed by atoms with Crippen molar-refractivity contribution in [3.05, 3.63) is 30.1 Å². The number of hydrogen-bond acceptors (Lipinski definition) is 3. The SMILES string of the molecule is CC(=O)NC(COc1ccc(F)cc1)C(=O)O. The lowest BCUT2D eigenvalue weighted by molar-refractivity contribution is -0.142. The van der Waals surface area contributed by atoms with Crippen LogP contribution in [0.2, 0.25) is 0 Å². The van der Waals surface area contributed by atoms with Gasteiger partial charge in [-0.25, -0.2) is 9.18 Å². The van der Waals surface area contributed by atoms with E-state index in [0.29, 0.717) is 5.75 Å². The highest BCUT2D eigenvalue weighted by Gasteiger charge is 2.18. The molecule has 0 spiro atoms. The fraction of sp³-hybridized carbons (Fsp3) is 0.273. The Morgan fingerprint density at radius 2 is 2.00 bits per heavy atom. The second-order valence-electron chi connectivity index (χ2n) is 3.36. The average Bonchev–Trinajstić information content (AvgIpc) is 2.25. The number of ether oxygens (including phenoxy) is 1. The summed E-state index contributed by atoms with van der Waals surface area (Å²) in [6.07, 6.45) is 0. The van der Waals surface area contributed by atoms with Crippen LogP contribution in [-0.2, 0) is 9.59 Å². The van der Waals surface area contributed by atoms with Gasteiger partial charge in [-0.15, -0.1) is 0 Å². The first-order valence-corrected chi connectivity index (χ1v) is 4.87. The third-order valence-electron chi connectivity index (χ3n) is 1.91. The van der Waals surface area contributed by atoms with Crippen molar-refractivity contribution in [2.75, 3.05) is 6.61 Å². The van der Waals surface area contributed by atoms with Crippen molar-refractivity contribution in [3.8, 4) is 5.75 Å². The molecule has 0 heterocycles. The van der Waals surface area contributed by atoms with Gasteiger partial charge in [0, 0.05) is 6.92 Å². The van der Waals surface area contributed by atoms with E-state index in [9.17, 15) is 14.0 Å². The minimum atomic E-state index is -1.19. The number of carbonyl (C=O) groups is 2. The van der Waals surface area contributed by atoms with Crippen LogP contribution in [0.5, 0.6) is 5.75 Å². The first kappa shape index (κ1) is 13.0. The van der Waals surface area contributed by atoms with Crippen LogP contribution in [0.1, 0.15) is 6.92 Å². The van der Waals surface area contributed by atoms with E-state index in [1.54, 1.807) is 0 Å². The Labute approximate surface area is 97.2 Å². The quantitative estimate of drug-likeness (QED) is 0.799. The summed E-state index contributed by atoms with van der Waals surface area (Å²) in [6.45, 7) is 0.994. The molecule has 0 saturated carbocycles. The zero-order valence-corrected chi connectivity index (χ0v) is 9.14. The lowest BCUT2D eigenvalue weighted by atomic mass is 10.3. The van der Waals surface area contributed by atoms with Crippen LogP contribution >= 0.6 is 0 Å². The van der Waals surface area contributed by atoms with Gasteiger partial charge in [0.15, 0.2) is 6.04 Å². The molecule has 2 N–H and O–H groups in total. The van der Waals surface area contributed by atoms with E-state index in [4.69, 9.17) is 9.84 Å². The van der Waals surface area contributed by atoms with Gasteiger partial charge in [0.25, 0.3) is 0 Å². The smallest absolute Gasteiger partial charge is 0.329 e. The third-order valence-corrected chi connectivity index (χ3v) is 1.91.